The van der Waals surface area contributed by atoms with E-state index in [1.807, 2.05) is 0 Å². The van der Waals surface area contributed by atoms with Gasteiger partial charge in [0.05, 0.1) is 22.5 Å². The van der Waals surface area contributed by atoms with Crippen LogP contribution in [-0.4, -0.2) is 48.1 Å². The van der Waals surface area contributed by atoms with Gasteiger partial charge in [0.15, 0.2) is 0 Å². The van der Waals surface area contributed by atoms with Crippen LogP contribution in [0.4, 0.5) is 5.69 Å². The number of rotatable bonds is 5. The van der Waals surface area contributed by atoms with Crippen molar-refractivity contribution in [2.45, 2.75) is 18.9 Å². The van der Waals surface area contributed by atoms with Gasteiger partial charge in [-0.05, 0) is 31.7 Å². The van der Waals surface area contributed by atoms with Gasteiger partial charge in [0.2, 0.25) is 5.91 Å². The number of carboxylic acid groups (broad SMARTS) is 1. The molecule has 0 spiro atoms. The van der Waals surface area contributed by atoms with Crippen LogP contribution in [0.15, 0.2) is 18.2 Å². The molecule has 0 radical (unpaired) electrons. The summed E-state index contributed by atoms with van der Waals surface area (Å²) in [5.74, 6) is -0.907. The van der Waals surface area contributed by atoms with Crippen LogP contribution in [0.2, 0.25) is 10.0 Å². The lowest BCUT2D eigenvalue weighted by Gasteiger charge is -2.23. The fourth-order valence-electron chi connectivity index (χ4n) is 2.41. The van der Waals surface area contributed by atoms with Crippen molar-refractivity contribution in [2.24, 2.45) is 0 Å². The van der Waals surface area contributed by atoms with E-state index in [1.54, 1.807) is 35.0 Å². The van der Waals surface area contributed by atoms with Crippen molar-refractivity contribution in [3.63, 3.8) is 0 Å². The molecular formula is C14H16Cl2N2O3. The van der Waals surface area contributed by atoms with Crippen LogP contribution >= 0.6 is 23.2 Å². The number of hydrogen-bond donors (Lipinski definition) is 1. The first-order chi connectivity index (χ1) is 9.90. The fraction of sp³-hybridized carbons (Fsp3) is 0.429. The zero-order chi connectivity index (χ0) is 15.6. The number of likely N-dealkylation sites (N-methyl/N-ethyl adjacent to an activating group) is 1. The minimum atomic E-state index is -0.867. The number of carboxylic acids is 1. The Morgan fingerprint density at radius 1 is 1.43 bits per heavy atom. The zero-order valence-corrected chi connectivity index (χ0v) is 13.1. The number of aliphatic carboxylic acids is 1. The second kappa shape index (κ2) is 6.64. The van der Waals surface area contributed by atoms with Gasteiger partial charge in [-0.15, -0.1) is 0 Å². The summed E-state index contributed by atoms with van der Waals surface area (Å²) in [6.45, 7) is 0.930. The van der Waals surface area contributed by atoms with Crippen molar-refractivity contribution in [3.05, 3.63) is 28.2 Å². The van der Waals surface area contributed by atoms with Crippen LogP contribution in [0.3, 0.4) is 0 Å². The van der Waals surface area contributed by atoms with Gasteiger partial charge >= 0.3 is 5.97 Å². The summed E-state index contributed by atoms with van der Waals surface area (Å²) in [4.78, 5) is 26.5. The van der Waals surface area contributed by atoms with Crippen LogP contribution < -0.4 is 4.90 Å². The van der Waals surface area contributed by atoms with Gasteiger partial charge < -0.3 is 10.0 Å². The van der Waals surface area contributed by atoms with Gasteiger partial charge in [0.1, 0.15) is 0 Å². The first kappa shape index (κ1) is 16.1. The van der Waals surface area contributed by atoms with Crippen LogP contribution in [0.1, 0.15) is 12.8 Å². The van der Waals surface area contributed by atoms with Crippen LogP contribution in [-0.2, 0) is 9.59 Å². The summed E-state index contributed by atoms with van der Waals surface area (Å²) in [7, 11) is 1.77. The van der Waals surface area contributed by atoms with E-state index in [9.17, 15) is 9.59 Å². The lowest BCUT2D eigenvalue weighted by Crippen LogP contribution is -2.40. The maximum absolute atomic E-state index is 12.4. The molecule has 0 aromatic heterocycles. The summed E-state index contributed by atoms with van der Waals surface area (Å²) in [5, 5.41) is 9.56. The van der Waals surface area contributed by atoms with E-state index in [0.29, 0.717) is 35.2 Å². The predicted octanol–water partition coefficient (Wildman–Crippen LogP) is 2.51. The van der Waals surface area contributed by atoms with Crippen molar-refractivity contribution in [1.82, 2.24) is 4.90 Å². The van der Waals surface area contributed by atoms with E-state index < -0.39 is 5.97 Å². The molecule has 5 nitrogen and oxygen atoms in total. The first-order valence-electron chi connectivity index (χ1n) is 6.58. The largest absolute Gasteiger partial charge is 0.481 e. The van der Waals surface area contributed by atoms with Crippen molar-refractivity contribution >= 4 is 40.8 Å². The molecule has 1 aromatic rings. The van der Waals surface area contributed by atoms with Crippen molar-refractivity contribution in [3.8, 4) is 0 Å². The van der Waals surface area contributed by atoms with Gasteiger partial charge in [0.25, 0.3) is 0 Å². The Labute approximate surface area is 133 Å². The molecule has 7 heteroatoms. The average Bonchev–Trinajstić information content (AvgIpc) is 2.81. The number of nitrogens with zero attached hydrogens (tertiary/aromatic N) is 2. The second-order valence-corrected chi connectivity index (χ2v) is 5.83. The third kappa shape index (κ3) is 3.67. The molecule has 0 saturated carbocycles. The molecule has 1 aromatic carbocycles. The molecule has 1 heterocycles. The Morgan fingerprint density at radius 3 is 2.76 bits per heavy atom. The second-order valence-electron chi connectivity index (χ2n) is 5.02. The quantitative estimate of drug-likeness (QED) is 0.901. The lowest BCUT2D eigenvalue weighted by molar-refractivity contribution is -0.137. The normalized spacial score (nSPS) is 18.6. The number of halogens is 2. The molecule has 1 aliphatic heterocycles. The zero-order valence-electron chi connectivity index (χ0n) is 11.6. The Morgan fingerprint density at radius 2 is 2.14 bits per heavy atom. The van der Waals surface area contributed by atoms with E-state index in [4.69, 9.17) is 28.3 Å². The molecule has 2 rings (SSSR count). The van der Waals surface area contributed by atoms with Gasteiger partial charge in [0, 0.05) is 18.8 Å². The number of benzene rings is 1. The molecule has 1 atom stereocenters. The Hall–Kier alpha value is -1.30. The smallest absolute Gasteiger partial charge is 0.304 e. The molecule has 114 valence electrons. The molecule has 1 saturated heterocycles. The molecular weight excluding hydrogens is 315 g/mol. The van der Waals surface area contributed by atoms with Gasteiger partial charge in [-0.25, -0.2) is 0 Å². The number of amides is 1. The van der Waals surface area contributed by atoms with Crippen LogP contribution in [0, 0.1) is 0 Å². The number of anilines is 1. The molecule has 1 fully saturated rings. The molecule has 1 amide bonds. The number of carbonyl (C=O) groups is 2. The Balaban J connectivity index is 2.07. The summed E-state index contributed by atoms with van der Waals surface area (Å²) < 4.78 is 0. The highest BCUT2D eigenvalue weighted by molar-refractivity contribution is 6.42. The maximum Gasteiger partial charge on any atom is 0.304 e. The third-order valence-electron chi connectivity index (χ3n) is 3.60. The molecule has 1 N–H and O–H groups in total. The topological polar surface area (TPSA) is 60.9 Å². The van der Waals surface area contributed by atoms with Crippen LogP contribution in [0.5, 0.6) is 0 Å². The molecule has 21 heavy (non-hydrogen) atoms. The fourth-order valence-corrected chi connectivity index (χ4v) is 2.70. The van der Waals surface area contributed by atoms with Gasteiger partial charge in [-0.3, -0.25) is 14.5 Å². The van der Waals surface area contributed by atoms with Crippen LogP contribution in [0.25, 0.3) is 0 Å². The van der Waals surface area contributed by atoms with Crippen molar-refractivity contribution in [1.29, 1.82) is 0 Å². The Bertz CT molecular complexity index is 565. The molecule has 1 aliphatic rings. The summed E-state index contributed by atoms with van der Waals surface area (Å²) in [6, 6.07) is 4.79. The molecule has 0 aliphatic carbocycles. The maximum atomic E-state index is 12.4. The van der Waals surface area contributed by atoms with E-state index in [0.717, 1.165) is 0 Å². The Kier molecular flexibility index (Phi) is 5.08. The van der Waals surface area contributed by atoms with E-state index >= 15 is 0 Å². The third-order valence-corrected chi connectivity index (χ3v) is 4.34. The minimum Gasteiger partial charge on any atom is -0.481 e. The SMILES string of the molecule is CN(CCC(=O)O)C1CCN(c2ccc(Cl)c(Cl)c2)C1=O. The van der Waals surface area contributed by atoms with Crippen molar-refractivity contribution < 1.29 is 14.7 Å². The summed E-state index contributed by atoms with van der Waals surface area (Å²) >= 11 is 11.9. The number of carbonyl (C=O) groups excluding carboxylic acids is 1. The van der Waals surface area contributed by atoms with Crippen molar-refractivity contribution in [2.75, 3.05) is 25.0 Å². The summed E-state index contributed by atoms with van der Waals surface area (Å²) in [5.41, 5.74) is 0.712. The average molecular weight is 331 g/mol. The summed E-state index contributed by atoms with van der Waals surface area (Å²) in [6.07, 6.45) is 0.683. The molecule has 0 bridgehead atoms. The van der Waals surface area contributed by atoms with E-state index in [1.165, 1.54) is 0 Å². The lowest BCUT2D eigenvalue weighted by atomic mass is 10.2. The van der Waals surface area contributed by atoms with Gasteiger partial charge in [-0.1, -0.05) is 23.2 Å². The number of hydrogen-bond acceptors (Lipinski definition) is 3. The van der Waals surface area contributed by atoms with E-state index in [2.05, 4.69) is 0 Å². The first-order valence-corrected chi connectivity index (χ1v) is 7.34. The highest BCUT2D eigenvalue weighted by Gasteiger charge is 2.35. The molecule has 1 unspecified atom stereocenters. The minimum absolute atomic E-state index is 0.0209. The highest BCUT2D eigenvalue weighted by Crippen LogP contribution is 2.30. The highest BCUT2D eigenvalue weighted by atomic mass is 35.5. The van der Waals surface area contributed by atoms with Gasteiger partial charge in [-0.2, -0.15) is 0 Å². The standard InChI is InChI=1S/C14H16Cl2N2O3/c1-17(6-5-13(19)20)12-4-7-18(14(12)21)9-2-3-10(15)11(16)8-9/h2-3,8,12H,4-7H2,1H3,(H,19,20). The monoisotopic (exact) mass is 330 g/mol. The predicted molar refractivity (Wildman–Crippen MR) is 82.1 cm³/mol. The van der Waals surface area contributed by atoms with E-state index in [-0.39, 0.29) is 18.4 Å².